The average molecular weight is 277 g/mol. The Morgan fingerprint density at radius 2 is 2.11 bits per heavy atom. The third kappa shape index (κ3) is 3.24. The second kappa shape index (κ2) is 5.87. The predicted molar refractivity (Wildman–Crippen MR) is 84.8 cm³/mol. The Labute approximate surface area is 121 Å². The van der Waals surface area contributed by atoms with Gasteiger partial charge in [0.15, 0.2) is 0 Å². The van der Waals surface area contributed by atoms with Crippen LogP contribution in [-0.4, -0.2) is 23.1 Å². The van der Waals surface area contributed by atoms with E-state index in [2.05, 4.69) is 22.9 Å². The van der Waals surface area contributed by atoms with Crippen molar-refractivity contribution in [3.05, 3.63) is 23.0 Å². The van der Waals surface area contributed by atoms with Crippen LogP contribution in [0.4, 0.5) is 5.69 Å². The van der Waals surface area contributed by atoms with Gasteiger partial charge in [-0.1, -0.05) is 19.1 Å². The number of thiocarbonyl (C=S) groups is 1. The van der Waals surface area contributed by atoms with Crippen LogP contribution in [0.1, 0.15) is 43.1 Å². The summed E-state index contributed by atoms with van der Waals surface area (Å²) in [6.07, 6.45) is 3.78. The lowest BCUT2D eigenvalue weighted by atomic mass is 10.0. The van der Waals surface area contributed by atoms with Crippen LogP contribution in [-0.2, 0) is 0 Å². The monoisotopic (exact) mass is 277 g/mol. The standard InChI is InChI=1S/C15H23N3S/c1-10-5-4-7-18(8-6-10)13-9-11(2)17-12(3)14(13)15(16)19/h9-10H,4-8H2,1-3H3,(H2,16,19). The number of aromatic nitrogens is 1. The first-order chi connectivity index (χ1) is 8.99. The molecule has 19 heavy (non-hydrogen) atoms. The summed E-state index contributed by atoms with van der Waals surface area (Å²) in [4.78, 5) is 7.38. The maximum atomic E-state index is 5.90. The molecule has 1 aromatic heterocycles. The van der Waals surface area contributed by atoms with Crippen molar-refractivity contribution in [2.45, 2.75) is 40.0 Å². The number of rotatable bonds is 2. The van der Waals surface area contributed by atoms with E-state index in [9.17, 15) is 0 Å². The predicted octanol–water partition coefficient (Wildman–Crippen LogP) is 2.96. The van der Waals surface area contributed by atoms with E-state index in [-0.39, 0.29) is 0 Å². The number of aryl methyl sites for hydroxylation is 2. The summed E-state index contributed by atoms with van der Waals surface area (Å²) in [6.45, 7) is 8.52. The fourth-order valence-electron chi connectivity index (χ4n) is 2.87. The molecule has 2 heterocycles. The van der Waals surface area contributed by atoms with Crippen LogP contribution in [0.15, 0.2) is 6.07 Å². The SMILES string of the molecule is Cc1cc(N2CCCC(C)CC2)c(C(N)=S)c(C)n1. The Kier molecular flexibility index (Phi) is 4.40. The number of nitrogens with two attached hydrogens (primary N) is 1. The average Bonchev–Trinajstić information content (AvgIpc) is 2.52. The van der Waals surface area contributed by atoms with Crippen molar-refractivity contribution in [3.63, 3.8) is 0 Å². The van der Waals surface area contributed by atoms with Crippen molar-refractivity contribution < 1.29 is 0 Å². The highest BCUT2D eigenvalue weighted by molar-refractivity contribution is 7.80. The maximum Gasteiger partial charge on any atom is 0.107 e. The summed E-state index contributed by atoms with van der Waals surface area (Å²) in [6, 6.07) is 2.12. The van der Waals surface area contributed by atoms with Gasteiger partial charge in [0, 0.05) is 24.5 Å². The lowest BCUT2D eigenvalue weighted by Gasteiger charge is -2.26. The fraction of sp³-hybridized carbons (Fsp3) is 0.600. The molecular weight excluding hydrogens is 254 g/mol. The van der Waals surface area contributed by atoms with E-state index >= 15 is 0 Å². The second-order valence-corrected chi connectivity index (χ2v) is 6.07. The molecule has 3 nitrogen and oxygen atoms in total. The third-order valence-corrected chi connectivity index (χ3v) is 4.12. The van der Waals surface area contributed by atoms with E-state index in [0.29, 0.717) is 4.99 Å². The summed E-state index contributed by atoms with van der Waals surface area (Å²) in [5.74, 6) is 0.808. The zero-order valence-corrected chi connectivity index (χ0v) is 12.9. The number of pyridine rings is 1. The first kappa shape index (κ1) is 14.3. The number of hydrogen-bond donors (Lipinski definition) is 1. The minimum Gasteiger partial charge on any atom is -0.389 e. The molecule has 2 rings (SSSR count). The lowest BCUT2D eigenvalue weighted by Crippen LogP contribution is -2.28. The molecule has 0 aromatic carbocycles. The van der Waals surface area contributed by atoms with Crippen molar-refractivity contribution >= 4 is 22.9 Å². The minimum absolute atomic E-state index is 0.456. The first-order valence-corrected chi connectivity index (χ1v) is 7.43. The third-order valence-electron chi connectivity index (χ3n) is 3.91. The molecule has 4 heteroatoms. The van der Waals surface area contributed by atoms with Crippen LogP contribution < -0.4 is 10.6 Å². The molecule has 1 atom stereocenters. The topological polar surface area (TPSA) is 42.1 Å². The van der Waals surface area contributed by atoms with Gasteiger partial charge < -0.3 is 10.6 Å². The van der Waals surface area contributed by atoms with Crippen LogP contribution in [0.5, 0.6) is 0 Å². The van der Waals surface area contributed by atoms with Crippen LogP contribution in [0.3, 0.4) is 0 Å². The van der Waals surface area contributed by atoms with Crippen molar-refractivity contribution in [3.8, 4) is 0 Å². The number of anilines is 1. The van der Waals surface area contributed by atoms with Gasteiger partial charge in [-0.15, -0.1) is 0 Å². The van der Waals surface area contributed by atoms with E-state index < -0.39 is 0 Å². The fourth-order valence-corrected chi connectivity index (χ4v) is 3.12. The van der Waals surface area contributed by atoms with Crippen molar-refractivity contribution in [1.29, 1.82) is 0 Å². The number of hydrogen-bond acceptors (Lipinski definition) is 3. The largest absolute Gasteiger partial charge is 0.389 e. The van der Waals surface area contributed by atoms with Gasteiger partial charge in [-0.3, -0.25) is 4.98 Å². The van der Waals surface area contributed by atoms with Gasteiger partial charge in [0.2, 0.25) is 0 Å². The Bertz CT molecular complexity index is 485. The zero-order chi connectivity index (χ0) is 14.0. The van der Waals surface area contributed by atoms with E-state index in [1.807, 2.05) is 13.8 Å². The molecular formula is C15H23N3S. The molecule has 1 aliphatic rings. The molecule has 0 saturated carbocycles. The Morgan fingerprint density at radius 3 is 2.79 bits per heavy atom. The van der Waals surface area contributed by atoms with Gasteiger partial charge in [0.05, 0.1) is 11.3 Å². The highest BCUT2D eigenvalue weighted by Crippen LogP contribution is 2.27. The van der Waals surface area contributed by atoms with Crippen molar-refractivity contribution in [2.75, 3.05) is 18.0 Å². The summed E-state index contributed by atoms with van der Waals surface area (Å²) < 4.78 is 0. The van der Waals surface area contributed by atoms with Gasteiger partial charge in [-0.05, 0) is 45.1 Å². The molecule has 0 amide bonds. The van der Waals surface area contributed by atoms with Gasteiger partial charge in [0.25, 0.3) is 0 Å². The summed E-state index contributed by atoms with van der Waals surface area (Å²) in [5.41, 5.74) is 10.0. The summed E-state index contributed by atoms with van der Waals surface area (Å²) in [5, 5.41) is 0. The molecule has 0 spiro atoms. The number of nitrogens with zero attached hydrogens (tertiary/aromatic N) is 2. The van der Waals surface area contributed by atoms with Crippen LogP contribution >= 0.6 is 12.2 Å². The molecule has 0 aliphatic carbocycles. The van der Waals surface area contributed by atoms with E-state index in [0.717, 1.165) is 36.0 Å². The minimum atomic E-state index is 0.456. The summed E-state index contributed by atoms with van der Waals surface area (Å²) in [7, 11) is 0. The van der Waals surface area contributed by atoms with Crippen LogP contribution in [0.25, 0.3) is 0 Å². The molecule has 1 unspecified atom stereocenters. The van der Waals surface area contributed by atoms with Crippen molar-refractivity contribution in [2.24, 2.45) is 11.7 Å². The maximum absolute atomic E-state index is 5.90. The van der Waals surface area contributed by atoms with Crippen LogP contribution in [0, 0.1) is 19.8 Å². The van der Waals surface area contributed by atoms with Gasteiger partial charge in [-0.25, -0.2) is 0 Å². The molecule has 1 aliphatic heterocycles. The zero-order valence-electron chi connectivity index (χ0n) is 12.1. The molecule has 0 bridgehead atoms. The molecule has 0 radical (unpaired) electrons. The molecule has 2 N–H and O–H groups in total. The van der Waals surface area contributed by atoms with Gasteiger partial charge >= 0.3 is 0 Å². The Hall–Kier alpha value is -1.16. The highest BCUT2D eigenvalue weighted by Gasteiger charge is 2.19. The Morgan fingerprint density at radius 1 is 1.37 bits per heavy atom. The van der Waals surface area contributed by atoms with E-state index in [1.54, 1.807) is 0 Å². The van der Waals surface area contributed by atoms with Crippen molar-refractivity contribution in [1.82, 2.24) is 4.98 Å². The smallest absolute Gasteiger partial charge is 0.107 e. The highest BCUT2D eigenvalue weighted by atomic mass is 32.1. The molecule has 104 valence electrons. The summed E-state index contributed by atoms with van der Waals surface area (Å²) >= 11 is 5.22. The molecule has 1 aromatic rings. The first-order valence-electron chi connectivity index (χ1n) is 7.02. The molecule has 1 fully saturated rings. The van der Waals surface area contributed by atoms with E-state index in [4.69, 9.17) is 18.0 Å². The van der Waals surface area contributed by atoms with Gasteiger partial charge in [-0.2, -0.15) is 0 Å². The second-order valence-electron chi connectivity index (χ2n) is 5.63. The van der Waals surface area contributed by atoms with Crippen LogP contribution in [0.2, 0.25) is 0 Å². The Balaban J connectivity index is 2.39. The molecule has 1 saturated heterocycles. The quantitative estimate of drug-likeness (QED) is 0.844. The lowest BCUT2D eigenvalue weighted by molar-refractivity contribution is 0.521. The normalized spacial score (nSPS) is 20.2. The van der Waals surface area contributed by atoms with Gasteiger partial charge in [0.1, 0.15) is 4.99 Å². The van der Waals surface area contributed by atoms with E-state index in [1.165, 1.54) is 24.9 Å².